The monoisotopic (exact) mass is 797 g/mol. The largest absolute Gasteiger partial charge is 0.493 e. The average Bonchev–Trinajstić information content (AvgIpc) is 3.70. The Hall–Kier alpha value is -4.94. The van der Waals surface area contributed by atoms with E-state index in [4.69, 9.17) is 27.2 Å². The van der Waals surface area contributed by atoms with Crippen molar-refractivity contribution in [3.8, 4) is 24.3 Å². The zero-order valence-corrected chi connectivity index (χ0v) is 32.5. The van der Waals surface area contributed by atoms with Crippen molar-refractivity contribution in [2.24, 2.45) is 11.7 Å². The van der Waals surface area contributed by atoms with Gasteiger partial charge in [0.25, 0.3) is 0 Å². The summed E-state index contributed by atoms with van der Waals surface area (Å²) in [6.45, 7) is 7.90. The third kappa shape index (κ3) is 15.0. The van der Waals surface area contributed by atoms with E-state index < -0.39 is 18.8 Å². The van der Waals surface area contributed by atoms with Crippen molar-refractivity contribution in [3.05, 3.63) is 107 Å². The summed E-state index contributed by atoms with van der Waals surface area (Å²) >= 11 is 6.09. The van der Waals surface area contributed by atoms with E-state index in [-0.39, 0.29) is 23.8 Å². The van der Waals surface area contributed by atoms with Crippen molar-refractivity contribution in [2.75, 3.05) is 45.9 Å². The Morgan fingerprint density at radius 2 is 1.73 bits per heavy atom. The van der Waals surface area contributed by atoms with Crippen molar-refractivity contribution in [2.45, 2.75) is 57.3 Å². The molecule has 1 unspecified atom stereocenters. The van der Waals surface area contributed by atoms with Crippen molar-refractivity contribution < 1.29 is 32.6 Å². The molecule has 56 heavy (non-hydrogen) atoms. The van der Waals surface area contributed by atoms with Crippen LogP contribution in [0.1, 0.15) is 43.5 Å². The third-order valence-electron chi connectivity index (χ3n) is 9.29. The zero-order chi connectivity index (χ0) is 41.1. The maximum absolute atomic E-state index is 12.0. The molecule has 0 radical (unpaired) electrons. The number of nitrogens with zero attached hydrogens (tertiary/aromatic N) is 5. The molecule has 0 saturated carbocycles. The molecular weight excluding hydrogens is 747 g/mol. The van der Waals surface area contributed by atoms with E-state index in [1.54, 1.807) is 17.1 Å². The van der Waals surface area contributed by atoms with Crippen LogP contribution in [0, 0.1) is 18.8 Å². The molecule has 0 spiro atoms. The molecule has 1 saturated heterocycles. The number of para-hydroxylation sites is 1. The second kappa shape index (κ2) is 22.6. The van der Waals surface area contributed by atoms with Crippen LogP contribution in [-0.2, 0) is 28.0 Å². The first-order chi connectivity index (χ1) is 26.7. The first kappa shape index (κ1) is 45.4. The van der Waals surface area contributed by atoms with Crippen molar-refractivity contribution in [3.63, 3.8) is 0 Å². The lowest BCUT2D eigenvalue weighted by Gasteiger charge is -2.43. The number of pyridine rings is 1. The van der Waals surface area contributed by atoms with Crippen LogP contribution in [0.4, 0.5) is 13.2 Å². The van der Waals surface area contributed by atoms with E-state index in [1.807, 2.05) is 60.8 Å². The van der Waals surface area contributed by atoms with Gasteiger partial charge in [-0.05, 0) is 68.9 Å². The van der Waals surface area contributed by atoms with Gasteiger partial charge in [-0.15, -0.1) is 12.8 Å². The van der Waals surface area contributed by atoms with E-state index in [0.717, 1.165) is 61.9 Å². The third-order valence-corrected chi connectivity index (χ3v) is 9.50. The standard InChI is InChI=1S/C27H35ClN6O2.C9H10O.C3H4F3NO.C2H2/c1-27(2,25-8-9-34(31-25)23-16-22(28)17-30-18-23)33-12-10-32(11-13-33)19-24(35)15-21(26(29)36)14-20-6-4-3-5-7-20;1-2-6-9-8(4-1)5-3-7-10-9;4-3(5,6)1-7-2-8;1-2/h3-9,16-18,21,24,35H,10-15,19H2,1-2H3,(H2,29,36);1-2,4,6H,3,5,7H2;2H,1H2,(H,7,8);1-2H/t21-,24?;;;/m1.../s1. The van der Waals surface area contributed by atoms with E-state index >= 15 is 0 Å². The van der Waals surface area contributed by atoms with Crippen molar-refractivity contribution in [1.82, 2.24) is 29.9 Å². The number of ether oxygens (including phenoxy) is 1. The number of carbonyl (C=O) groups is 2. The summed E-state index contributed by atoms with van der Waals surface area (Å²) in [7, 11) is 0. The minimum absolute atomic E-state index is 0.00743. The Kier molecular flexibility index (Phi) is 18.3. The number of nitrogens with one attached hydrogen (secondary N) is 1. The minimum Gasteiger partial charge on any atom is -0.493 e. The number of halogens is 4. The van der Waals surface area contributed by atoms with Gasteiger partial charge in [0.15, 0.2) is 0 Å². The second-order valence-corrected chi connectivity index (χ2v) is 14.1. The number of hydrogen-bond acceptors (Lipinski definition) is 8. The normalized spacial score (nSPS) is 15.4. The van der Waals surface area contributed by atoms with E-state index in [9.17, 15) is 27.9 Å². The van der Waals surface area contributed by atoms with Crippen LogP contribution in [0.15, 0.2) is 85.3 Å². The number of fused-ring (bicyclic) bond motifs is 1. The number of piperazine rings is 1. The number of hydrogen-bond donors (Lipinski definition) is 3. The van der Waals surface area contributed by atoms with Crippen molar-refractivity contribution >= 4 is 23.9 Å². The summed E-state index contributed by atoms with van der Waals surface area (Å²) in [6, 6.07) is 21.9. The molecule has 4 N–H and O–H groups in total. The second-order valence-electron chi connectivity index (χ2n) is 13.7. The Morgan fingerprint density at radius 1 is 1.05 bits per heavy atom. The fourth-order valence-electron chi connectivity index (χ4n) is 6.32. The number of nitrogens with two attached hydrogens (primary N) is 1. The molecule has 4 heterocycles. The lowest BCUT2D eigenvalue weighted by molar-refractivity contribution is -0.132. The van der Waals surface area contributed by atoms with Crippen LogP contribution >= 0.6 is 11.6 Å². The number of carbonyl (C=O) groups excluding carboxylic acids is 2. The van der Waals surface area contributed by atoms with E-state index in [0.29, 0.717) is 24.4 Å². The van der Waals surface area contributed by atoms with Gasteiger partial charge in [-0.1, -0.05) is 60.1 Å². The van der Waals surface area contributed by atoms with E-state index in [1.165, 1.54) is 17.3 Å². The Morgan fingerprint density at radius 3 is 2.34 bits per heavy atom. The smallest absolute Gasteiger partial charge is 0.405 e. The molecular formula is C41H51ClF3N7O4. The zero-order valence-electron chi connectivity index (χ0n) is 31.7. The topological polar surface area (TPSA) is 139 Å². The van der Waals surface area contributed by atoms with Gasteiger partial charge in [0, 0.05) is 51.0 Å². The molecule has 2 aromatic heterocycles. The number of aryl methyl sites for hydroxylation is 1. The number of alkyl halides is 3. The molecule has 0 bridgehead atoms. The fourth-order valence-corrected chi connectivity index (χ4v) is 6.49. The number of terminal acetylenes is 1. The van der Waals surface area contributed by atoms with Crippen LogP contribution in [0.25, 0.3) is 5.69 Å². The number of β-amino-alcohol motifs (C(OH)–C–C–N with tert-alkyl or cyclic N) is 1. The minimum atomic E-state index is -4.29. The number of aliphatic hydroxyl groups is 1. The van der Waals surface area contributed by atoms with Crippen LogP contribution in [0.5, 0.6) is 5.75 Å². The van der Waals surface area contributed by atoms with Crippen LogP contribution in [0.2, 0.25) is 5.02 Å². The number of aromatic nitrogens is 3. The lowest BCUT2D eigenvalue weighted by Crippen LogP contribution is -2.54. The van der Waals surface area contributed by atoms with Crippen LogP contribution < -0.4 is 15.8 Å². The van der Waals surface area contributed by atoms with Crippen molar-refractivity contribution in [1.29, 1.82) is 0 Å². The first-order valence-electron chi connectivity index (χ1n) is 18.2. The highest BCUT2D eigenvalue weighted by atomic mass is 35.5. The molecule has 2 amide bonds. The van der Waals surface area contributed by atoms with Gasteiger partial charge in [-0.3, -0.25) is 24.4 Å². The molecule has 6 rings (SSSR count). The first-order valence-corrected chi connectivity index (χ1v) is 18.6. The molecule has 0 aliphatic carbocycles. The SMILES string of the molecule is C#C.CC(C)(c1ccn(-c2cncc(Cl)c2)n1)N1CCN(CC(O)C[C@@H](Cc2ccccc2)C(N)=O)CC1.O=CNCC(F)(F)F.c1ccc2c(c1)CCCO2. The molecule has 1 fully saturated rings. The van der Waals surface area contributed by atoms with Gasteiger partial charge < -0.3 is 20.9 Å². The molecule has 4 aromatic rings. The average molecular weight is 798 g/mol. The summed E-state index contributed by atoms with van der Waals surface area (Å²) in [5.74, 6) is 0.332. The number of rotatable bonds is 12. The van der Waals surface area contributed by atoms with E-state index in [2.05, 4.69) is 53.6 Å². The van der Waals surface area contributed by atoms with Gasteiger partial charge in [0.1, 0.15) is 12.3 Å². The maximum atomic E-state index is 12.0. The fraction of sp³-hybridized carbons (Fsp3) is 0.415. The Bertz CT molecular complexity index is 1770. The predicted molar refractivity (Wildman–Crippen MR) is 211 cm³/mol. The highest BCUT2D eigenvalue weighted by Crippen LogP contribution is 2.29. The summed E-state index contributed by atoms with van der Waals surface area (Å²) in [5.41, 5.74) is 9.60. The van der Waals surface area contributed by atoms with Gasteiger partial charge in [-0.25, -0.2) is 4.68 Å². The molecule has 11 nitrogen and oxygen atoms in total. The molecule has 2 aliphatic rings. The molecule has 2 aromatic carbocycles. The summed E-state index contributed by atoms with van der Waals surface area (Å²) in [6.07, 6.45) is 11.6. The number of amides is 2. The number of primary amides is 1. The maximum Gasteiger partial charge on any atom is 0.405 e. The number of benzene rings is 2. The molecule has 15 heteroatoms. The Balaban J connectivity index is 0.000000341. The molecule has 2 atom stereocenters. The van der Waals surface area contributed by atoms with Gasteiger partial charge in [0.05, 0.1) is 40.9 Å². The molecule has 302 valence electrons. The highest BCUT2D eigenvalue weighted by Gasteiger charge is 2.34. The van der Waals surface area contributed by atoms with Crippen LogP contribution in [0.3, 0.4) is 0 Å². The summed E-state index contributed by atoms with van der Waals surface area (Å²) in [5, 5.41) is 17.6. The summed E-state index contributed by atoms with van der Waals surface area (Å²) in [4.78, 5) is 30.1. The van der Waals surface area contributed by atoms with Gasteiger partial charge in [0.2, 0.25) is 12.3 Å². The Labute approximate surface area is 332 Å². The number of aliphatic hydroxyl groups excluding tert-OH is 1. The lowest BCUT2D eigenvalue weighted by atomic mass is 9.92. The summed E-state index contributed by atoms with van der Waals surface area (Å²) < 4.78 is 40.3. The molecule has 2 aliphatic heterocycles. The highest BCUT2D eigenvalue weighted by molar-refractivity contribution is 6.30. The predicted octanol–water partition coefficient (Wildman–Crippen LogP) is 5.42. The van der Waals surface area contributed by atoms with Crippen LogP contribution in [-0.4, -0.2) is 100 Å². The van der Waals surface area contributed by atoms with Gasteiger partial charge in [-0.2, -0.15) is 18.3 Å². The van der Waals surface area contributed by atoms with Gasteiger partial charge >= 0.3 is 6.18 Å². The quantitative estimate of drug-likeness (QED) is 0.128.